The van der Waals surface area contributed by atoms with Crippen molar-refractivity contribution in [1.82, 2.24) is 10.5 Å². The van der Waals surface area contributed by atoms with Crippen molar-refractivity contribution in [3.63, 3.8) is 0 Å². The Kier molecular flexibility index (Phi) is 4.37. The van der Waals surface area contributed by atoms with E-state index in [1.807, 2.05) is 19.9 Å². The quantitative estimate of drug-likeness (QED) is 0.874. The van der Waals surface area contributed by atoms with Crippen LogP contribution in [0.1, 0.15) is 28.4 Å². The molecule has 0 aliphatic rings. The first kappa shape index (κ1) is 14.8. The van der Waals surface area contributed by atoms with Crippen molar-refractivity contribution >= 4 is 11.9 Å². The molecule has 1 unspecified atom stereocenters. The Morgan fingerprint density at radius 2 is 2.05 bits per heavy atom. The van der Waals surface area contributed by atoms with Gasteiger partial charge in [0.15, 0.2) is 6.04 Å². The topological polar surface area (TPSA) is 92.4 Å². The molecule has 1 atom stereocenters. The maximum absolute atomic E-state index is 11.9. The molecule has 0 radical (unpaired) electrons. The summed E-state index contributed by atoms with van der Waals surface area (Å²) in [6, 6.07) is 5.79. The van der Waals surface area contributed by atoms with Gasteiger partial charge in [-0.1, -0.05) is 23.4 Å². The minimum absolute atomic E-state index is 0.0227. The number of carboxylic acids is 1. The van der Waals surface area contributed by atoms with Gasteiger partial charge in [-0.2, -0.15) is 0 Å². The lowest BCUT2D eigenvalue weighted by Crippen LogP contribution is -2.34. The van der Waals surface area contributed by atoms with Crippen LogP contribution in [0.3, 0.4) is 0 Å². The van der Waals surface area contributed by atoms with Crippen molar-refractivity contribution in [2.24, 2.45) is 0 Å². The number of nitrogens with zero attached hydrogens (tertiary/aromatic N) is 1. The summed E-state index contributed by atoms with van der Waals surface area (Å²) in [5.41, 5.74) is 3.04. The summed E-state index contributed by atoms with van der Waals surface area (Å²) < 4.78 is 4.64. The molecule has 1 aromatic heterocycles. The number of amides is 1. The van der Waals surface area contributed by atoms with Crippen LogP contribution in [0.15, 0.2) is 35.1 Å². The Balaban J connectivity index is 2.13. The molecule has 1 amide bonds. The number of aliphatic carboxylic acids is 1. The van der Waals surface area contributed by atoms with E-state index in [1.165, 1.54) is 6.26 Å². The van der Waals surface area contributed by atoms with Crippen molar-refractivity contribution in [3.05, 3.63) is 52.9 Å². The molecule has 1 heterocycles. The molecule has 6 heteroatoms. The fourth-order valence-corrected chi connectivity index (χ4v) is 1.94. The van der Waals surface area contributed by atoms with E-state index in [0.717, 1.165) is 11.1 Å². The number of carboxylic acid groups (broad SMARTS) is 1. The minimum atomic E-state index is -1.10. The third-order valence-corrected chi connectivity index (χ3v) is 3.25. The van der Waals surface area contributed by atoms with Gasteiger partial charge in [0.05, 0.1) is 12.1 Å². The highest BCUT2D eigenvalue weighted by atomic mass is 16.5. The van der Waals surface area contributed by atoms with Gasteiger partial charge >= 0.3 is 5.97 Å². The van der Waals surface area contributed by atoms with Gasteiger partial charge in [-0.15, -0.1) is 0 Å². The Hall–Kier alpha value is -2.63. The SMILES string of the molecule is Cc1ccc(C(NC(=O)Cc2ccon2)C(=O)O)cc1C. The molecule has 2 rings (SSSR count). The first-order valence-electron chi connectivity index (χ1n) is 6.46. The van der Waals surface area contributed by atoms with Crippen LogP contribution in [-0.4, -0.2) is 22.1 Å². The molecule has 6 nitrogen and oxygen atoms in total. The molecule has 2 aromatic rings. The van der Waals surface area contributed by atoms with Crippen molar-refractivity contribution in [3.8, 4) is 0 Å². The Morgan fingerprint density at radius 1 is 1.29 bits per heavy atom. The second-order valence-electron chi connectivity index (χ2n) is 4.85. The van der Waals surface area contributed by atoms with E-state index in [0.29, 0.717) is 11.3 Å². The smallest absolute Gasteiger partial charge is 0.330 e. The highest BCUT2D eigenvalue weighted by Crippen LogP contribution is 2.17. The van der Waals surface area contributed by atoms with Gasteiger partial charge in [0, 0.05) is 6.07 Å². The molecule has 0 saturated heterocycles. The molecule has 2 N–H and O–H groups in total. The van der Waals surface area contributed by atoms with Crippen LogP contribution in [0.2, 0.25) is 0 Å². The monoisotopic (exact) mass is 288 g/mol. The highest BCUT2D eigenvalue weighted by molar-refractivity contribution is 5.85. The van der Waals surface area contributed by atoms with Crippen LogP contribution >= 0.6 is 0 Å². The van der Waals surface area contributed by atoms with E-state index < -0.39 is 17.9 Å². The van der Waals surface area contributed by atoms with Gasteiger partial charge in [0.2, 0.25) is 5.91 Å². The summed E-state index contributed by atoms with van der Waals surface area (Å²) in [5, 5.41) is 15.4. The zero-order chi connectivity index (χ0) is 15.4. The third kappa shape index (κ3) is 3.68. The molecule has 0 aliphatic heterocycles. The van der Waals surface area contributed by atoms with Crippen LogP contribution in [0, 0.1) is 13.8 Å². The molecule has 0 saturated carbocycles. The van der Waals surface area contributed by atoms with Crippen LogP contribution in [0.5, 0.6) is 0 Å². The van der Waals surface area contributed by atoms with Gasteiger partial charge in [0.1, 0.15) is 6.26 Å². The second-order valence-corrected chi connectivity index (χ2v) is 4.85. The average Bonchev–Trinajstić information content (AvgIpc) is 2.92. The van der Waals surface area contributed by atoms with Crippen molar-refractivity contribution in [2.45, 2.75) is 26.3 Å². The first-order chi connectivity index (χ1) is 9.97. The predicted octanol–water partition coefficient (Wildman–Crippen LogP) is 1.78. The van der Waals surface area contributed by atoms with Crippen LogP contribution in [-0.2, 0) is 16.0 Å². The summed E-state index contributed by atoms with van der Waals surface area (Å²) in [4.78, 5) is 23.3. The number of hydrogen-bond donors (Lipinski definition) is 2. The second kappa shape index (κ2) is 6.21. The van der Waals surface area contributed by atoms with Crippen LogP contribution in [0.4, 0.5) is 0 Å². The number of benzene rings is 1. The number of carbonyl (C=O) groups is 2. The molecule has 110 valence electrons. The maximum Gasteiger partial charge on any atom is 0.330 e. The molecule has 1 aromatic carbocycles. The summed E-state index contributed by atoms with van der Waals surface area (Å²) in [6.45, 7) is 3.84. The fourth-order valence-electron chi connectivity index (χ4n) is 1.94. The highest BCUT2D eigenvalue weighted by Gasteiger charge is 2.22. The fraction of sp³-hybridized carbons (Fsp3) is 0.267. The summed E-state index contributed by atoms with van der Waals surface area (Å²) >= 11 is 0. The van der Waals surface area contributed by atoms with Gasteiger partial charge in [-0.25, -0.2) is 4.79 Å². The number of nitrogens with one attached hydrogen (secondary N) is 1. The van der Waals surface area contributed by atoms with E-state index in [-0.39, 0.29) is 6.42 Å². The normalized spacial score (nSPS) is 11.9. The maximum atomic E-state index is 11.9. The molecular formula is C15H16N2O4. The zero-order valence-electron chi connectivity index (χ0n) is 11.8. The number of hydrogen-bond acceptors (Lipinski definition) is 4. The lowest BCUT2D eigenvalue weighted by atomic mass is 10.0. The first-order valence-corrected chi connectivity index (χ1v) is 6.46. The Morgan fingerprint density at radius 3 is 2.62 bits per heavy atom. The molecule has 0 aliphatic carbocycles. The summed E-state index contributed by atoms with van der Waals surface area (Å²) in [5.74, 6) is -1.53. The summed E-state index contributed by atoms with van der Waals surface area (Å²) in [7, 11) is 0. The van der Waals surface area contributed by atoms with Gasteiger partial charge in [-0.05, 0) is 30.5 Å². The third-order valence-electron chi connectivity index (χ3n) is 3.25. The lowest BCUT2D eigenvalue weighted by Gasteiger charge is -2.15. The largest absolute Gasteiger partial charge is 0.479 e. The lowest BCUT2D eigenvalue weighted by molar-refractivity contribution is -0.142. The van der Waals surface area contributed by atoms with Crippen LogP contribution in [0.25, 0.3) is 0 Å². The van der Waals surface area contributed by atoms with Gasteiger partial charge in [0.25, 0.3) is 0 Å². The zero-order valence-corrected chi connectivity index (χ0v) is 11.8. The molecule has 0 fully saturated rings. The number of aromatic nitrogens is 1. The number of aryl methyl sites for hydroxylation is 2. The van der Waals surface area contributed by atoms with E-state index >= 15 is 0 Å². The predicted molar refractivity (Wildman–Crippen MR) is 74.6 cm³/mol. The Bertz CT molecular complexity index is 650. The number of rotatable bonds is 5. The molecule has 21 heavy (non-hydrogen) atoms. The van der Waals surface area contributed by atoms with E-state index in [2.05, 4.69) is 15.0 Å². The standard InChI is InChI=1S/C15H16N2O4/c1-9-3-4-11(7-10(9)2)14(15(19)20)16-13(18)8-12-5-6-21-17-12/h3-7,14H,8H2,1-2H3,(H,16,18)(H,19,20). The minimum Gasteiger partial charge on any atom is -0.479 e. The van der Waals surface area contributed by atoms with E-state index in [1.54, 1.807) is 18.2 Å². The average molecular weight is 288 g/mol. The number of carbonyl (C=O) groups excluding carboxylic acids is 1. The molecule has 0 spiro atoms. The van der Waals surface area contributed by atoms with E-state index in [4.69, 9.17) is 0 Å². The summed E-state index contributed by atoms with van der Waals surface area (Å²) in [6.07, 6.45) is 1.34. The van der Waals surface area contributed by atoms with E-state index in [9.17, 15) is 14.7 Å². The van der Waals surface area contributed by atoms with Gasteiger partial charge in [-0.3, -0.25) is 4.79 Å². The Labute approximate surface area is 121 Å². The van der Waals surface area contributed by atoms with Crippen molar-refractivity contribution in [1.29, 1.82) is 0 Å². The molecule has 0 bridgehead atoms. The van der Waals surface area contributed by atoms with Crippen LogP contribution < -0.4 is 5.32 Å². The van der Waals surface area contributed by atoms with Crippen molar-refractivity contribution < 1.29 is 19.2 Å². The molecular weight excluding hydrogens is 272 g/mol. The van der Waals surface area contributed by atoms with Crippen molar-refractivity contribution in [2.75, 3.05) is 0 Å². The van der Waals surface area contributed by atoms with Gasteiger partial charge < -0.3 is 14.9 Å².